The van der Waals surface area contributed by atoms with E-state index in [0.29, 0.717) is 21.5 Å². The molecule has 0 heterocycles. The first-order valence-corrected chi connectivity index (χ1v) is 7.20. The van der Waals surface area contributed by atoms with Crippen molar-refractivity contribution in [1.29, 1.82) is 0 Å². The van der Waals surface area contributed by atoms with Crippen LogP contribution in [0.2, 0.25) is 0 Å². The predicted molar refractivity (Wildman–Crippen MR) is 82.7 cm³/mol. The lowest BCUT2D eigenvalue weighted by Gasteiger charge is -2.10. The Morgan fingerprint density at radius 1 is 1.15 bits per heavy atom. The summed E-state index contributed by atoms with van der Waals surface area (Å²) in [5, 5.41) is 2.74. The molecule has 6 heteroatoms. The van der Waals surface area contributed by atoms with Crippen molar-refractivity contribution in [3.05, 3.63) is 56.7 Å². The van der Waals surface area contributed by atoms with Crippen molar-refractivity contribution in [1.82, 2.24) is 0 Å². The molecule has 0 atom stereocenters. The van der Waals surface area contributed by atoms with Gasteiger partial charge in [0.2, 0.25) is 0 Å². The summed E-state index contributed by atoms with van der Waals surface area (Å²) in [7, 11) is 1.55. The van der Waals surface area contributed by atoms with E-state index < -0.39 is 5.82 Å². The summed E-state index contributed by atoms with van der Waals surface area (Å²) in [6, 6.07) is 9.14. The summed E-state index contributed by atoms with van der Waals surface area (Å²) in [6.07, 6.45) is 0. The van der Waals surface area contributed by atoms with Gasteiger partial charge in [-0.1, -0.05) is 0 Å². The fraction of sp³-hybridized carbons (Fsp3) is 0.0714. The fourth-order valence-electron chi connectivity index (χ4n) is 1.59. The van der Waals surface area contributed by atoms with Crippen LogP contribution in [0.3, 0.4) is 0 Å². The van der Waals surface area contributed by atoms with E-state index in [2.05, 4.69) is 37.2 Å². The number of rotatable bonds is 3. The Bertz CT molecular complexity index is 662. The number of halogens is 3. The number of ether oxygens (including phenoxy) is 1. The number of hydrogen-bond acceptors (Lipinski definition) is 2. The molecule has 104 valence electrons. The topological polar surface area (TPSA) is 38.3 Å². The van der Waals surface area contributed by atoms with Crippen LogP contribution in [0.4, 0.5) is 10.1 Å². The number of carbonyl (C=O) groups is 1. The first kappa shape index (κ1) is 15.0. The quantitative estimate of drug-likeness (QED) is 0.813. The Balaban J connectivity index is 2.27. The second-order valence-corrected chi connectivity index (χ2v) is 5.63. The molecule has 2 rings (SSSR count). The molecule has 2 aromatic rings. The van der Waals surface area contributed by atoms with E-state index in [1.165, 1.54) is 18.2 Å². The molecule has 0 saturated carbocycles. The molecule has 0 aromatic heterocycles. The molecule has 20 heavy (non-hydrogen) atoms. The minimum absolute atomic E-state index is 0.342. The smallest absolute Gasteiger partial charge is 0.256 e. The number of hydrogen-bond donors (Lipinski definition) is 1. The van der Waals surface area contributed by atoms with E-state index in [0.717, 1.165) is 4.47 Å². The molecule has 0 bridgehead atoms. The second-order valence-electron chi connectivity index (χ2n) is 3.92. The van der Waals surface area contributed by atoms with Gasteiger partial charge in [-0.05, 0) is 62.2 Å². The standard InChI is InChI=1S/C14H10Br2FNO2/c1-20-9-3-5-11(15)13(7-9)18-14(19)10-4-2-8(17)6-12(10)16/h2-7H,1H3,(H,18,19). The molecule has 0 spiro atoms. The van der Waals surface area contributed by atoms with E-state index in [9.17, 15) is 9.18 Å². The number of benzene rings is 2. The van der Waals surface area contributed by atoms with E-state index in [4.69, 9.17) is 4.74 Å². The minimum Gasteiger partial charge on any atom is -0.497 e. The molecule has 0 radical (unpaired) electrons. The average Bonchev–Trinajstić information content (AvgIpc) is 2.41. The van der Waals surface area contributed by atoms with Gasteiger partial charge >= 0.3 is 0 Å². The Kier molecular flexibility index (Phi) is 4.77. The van der Waals surface area contributed by atoms with Crippen LogP contribution >= 0.6 is 31.9 Å². The maximum atomic E-state index is 13.0. The lowest BCUT2D eigenvalue weighted by atomic mass is 10.2. The normalized spacial score (nSPS) is 10.2. The zero-order valence-corrected chi connectivity index (χ0v) is 13.6. The van der Waals surface area contributed by atoms with Crippen LogP contribution in [0.15, 0.2) is 45.3 Å². The molecule has 1 amide bonds. The van der Waals surface area contributed by atoms with Gasteiger partial charge in [0.15, 0.2) is 0 Å². The largest absolute Gasteiger partial charge is 0.497 e. The monoisotopic (exact) mass is 401 g/mol. The minimum atomic E-state index is -0.406. The number of anilines is 1. The Labute approximate surface area is 132 Å². The molecule has 0 fully saturated rings. The highest BCUT2D eigenvalue weighted by atomic mass is 79.9. The average molecular weight is 403 g/mol. The van der Waals surface area contributed by atoms with Gasteiger partial charge in [0, 0.05) is 15.0 Å². The summed E-state index contributed by atoms with van der Waals surface area (Å²) in [4.78, 5) is 12.2. The highest BCUT2D eigenvalue weighted by Gasteiger charge is 2.13. The van der Waals surface area contributed by atoms with Crippen LogP contribution in [-0.4, -0.2) is 13.0 Å². The fourth-order valence-corrected chi connectivity index (χ4v) is 2.47. The van der Waals surface area contributed by atoms with Gasteiger partial charge in [0.05, 0.1) is 18.4 Å². The molecule has 0 aliphatic carbocycles. The lowest BCUT2D eigenvalue weighted by Crippen LogP contribution is -2.13. The molecule has 0 unspecified atom stereocenters. The molecular weight excluding hydrogens is 393 g/mol. The Hall–Kier alpha value is -1.40. The van der Waals surface area contributed by atoms with Crippen LogP contribution < -0.4 is 10.1 Å². The van der Waals surface area contributed by atoms with Crippen molar-refractivity contribution >= 4 is 43.5 Å². The van der Waals surface area contributed by atoms with Crippen LogP contribution in [0, 0.1) is 5.82 Å². The lowest BCUT2D eigenvalue weighted by molar-refractivity contribution is 0.102. The third-order valence-electron chi connectivity index (χ3n) is 2.60. The number of methoxy groups -OCH3 is 1. The van der Waals surface area contributed by atoms with Crippen LogP contribution in [-0.2, 0) is 0 Å². The second kappa shape index (κ2) is 6.37. The maximum Gasteiger partial charge on any atom is 0.256 e. The van der Waals surface area contributed by atoms with E-state index >= 15 is 0 Å². The molecule has 0 aliphatic heterocycles. The van der Waals surface area contributed by atoms with Crippen molar-refractivity contribution in [2.75, 3.05) is 12.4 Å². The van der Waals surface area contributed by atoms with Crippen LogP contribution in [0.1, 0.15) is 10.4 Å². The zero-order chi connectivity index (χ0) is 14.7. The number of amides is 1. The summed E-state index contributed by atoms with van der Waals surface area (Å²) < 4.78 is 19.2. The first-order chi connectivity index (χ1) is 9.51. The summed E-state index contributed by atoms with van der Waals surface area (Å²) in [6.45, 7) is 0. The van der Waals surface area contributed by atoms with Crippen molar-refractivity contribution in [2.45, 2.75) is 0 Å². The summed E-state index contributed by atoms with van der Waals surface area (Å²) in [5.74, 6) is -0.122. The molecular formula is C14H10Br2FNO2. The Morgan fingerprint density at radius 2 is 1.90 bits per heavy atom. The van der Waals surface area contributed by atoms with Crippen molar-refractivity contribution in [2.24, 2.45) is 0 Å². The molecule has 0 saturated heterocycles. The van der Waals surface area contributed by atoms with Crippen molar-refractivity contribution in [3.63, 3.8) is 0 Å². The Morgan fingerprint density at radius 3 is 2.55 bits per heavy atom. The summed E-state index contributed by atoms with van der Waals surface area (Å²) in [5.41, 5.74) is 0.923. The third kappa shape index (κ3) is 3.37. The van der Waals surface area contributed by atoms with Crippen LogP contribution in [0.5, 0.6) is 5.75 Å². The highest BCUT2D eigenvalue weighted by molar-refractivity contribution is 9.11. The first-order valence-electron chi connectivity index (χ1n) is 5.61. The third-order valence-corrected chi connectivity index (χ3v) is 3.95. The van der Waals surface area contributed by atoms with Gasteiger partial charge in [-0.3, -0.25) is 4.79 Å². The van der Waals surface area contributed by atoms with Gasteiger partial charge in [-0.25, -0.2) is 4.39 Å². The van der Waals surface area contributed by atoms with Gasteiger partial charge in [0.25, 0.3) is 5.91 Å². The summed E-state index contributed by atoms with van der Waals surface area (Å²) >= 11 is 6.52. The molecule has 2 aromatic carbocycles. The van der Waals surface area contributed by atoms with Gasteiger partial charge < -0.3 is 10.1 Å². The molecule has 3 nitrogen and oxygen atoms in total. The zero-order valence-electron chi connectivity index (χ0n) is 10.4. The van der Waals surface area contributed by atoms with E-state index in [-0.39, 0.29) is 5.91 Å². The van der Waals surface area contributed by atoms with Gasteiger partial charge in [0.1, 0.15) is 11.6 Å². The predicted octanol–water partition coefficient (Wildman–Crippen LogP) is 4.61. The van der Waals surface area contributed by atoms with Crippen molar-refractivity contribution < 1.29 is 13.9 Å². The van der Waals surface area contributed by atoms with E-state index in [1.807, 2.05) is 0 Å². The number of carbonyl (C=O) groups excluding carboxylic acids is 1. The van der Waals surface area contributed by atoms with Gasteiger partial charge in [-0.2, -0.15) is 0 Å². The number of nitrogens with one attached hydrogen (secondary N) is 1. The SMILES string of the molecule is COc1ccc(Br)c(NC(=O)c2ccc(F)cc2Br)c1. The van der Waals surface area contributed by atoms with Gasteiger partial charge in [-0.15, -0.1) is 0 Å². The highest BCUT2D eigenvalue weighted by Crippen LogP contribution is 2.28. The van der Waals surface area contributed by atoms with Crippen molar-refractivity contribution in [3.8, 4) is 5.75 Å². The van der Waals surface area contributed by atoms with E-state index in [1.54, 1.807) is 25.3 Å². The maximum absolute atomic E-state index is 13.0. The van der Waals surface area contributed by atoms with Crippen LogP contribution in [0.25, 0.3) is 0 Å². The molecule has 1 N–H and O–H groups in total. The molecule has 0 aliphatic rings.